The minimum atomic E-state index is -0.958. The van der Waals surface area contributed by atoms with E-state index in [2.05, 4.69) is 0 Å². The monoisotopic (exact) mass is 234 g/mol. The number of hydrogen-bond acceptors (Lipinski definition) is 4. The van der Waals surface area contributed by atoms with Gasteiger partial charge in [0.25, 0.3) is 0 Å². The molecule has 0 bridgehead atoms. The van der Waals surface area contributed by atoms with Crippen molar-refractivity contribution in [1.82, 2.24) is 0 Å². The lowest BCUT2D eigenvalue weighted by Gasteiger charge is -2.16. The predicted molar refractivity (Wildman–Crippen MR) is 63.4 cm³/mol. The first kappa shape index (κ1) is 11.6. The Morgan fingerprint density at radius 2 is 2.06 bits per heavy atom. The molecule has 0 aliphatic heterocycles. The molecule has 2 atom stereocenters. The Hall–Kier alpha value is -1.85. The fourth-order valence-corrected chi connectivity index (χ4v) is 1.82. The summed E-state index contributed by atoms with van der Waals surface area (Å²) in [5.74, 6) is -0.958. The molecule has 0 spiro atoms. The van der Waals surface area contributed by atoms with E-state index in [-0.39, 0.29) is 6.42 Å². The molecule has 2 unspecified atom stereocenters. The second-order valence-corrected chi connectivity index (χ2v) is 3.97. The lowest BCUT2D eigenvalue weighted by Crippen LogP contribution is -2.35. The van der Waals surface area contributed by atoms with Crippen molar-refractivity contribution in [2.24, 2.45) is 11.5 Å². The van der Waals surface area contributed by atoms with Crippen LogP contribution in [0.1, 0.15) is 18.0 Å². The number of carbonyl (C=O) groups is 1. The van der Waals surface area contributed by atoms with Crippen LogP contribution in [0.3, 0.4) is 0 Å². The van der Waals surface area contributed by atoms with Gasteiger partial charge in [0.05, 0.1) is 12.7 Å². The average Bonchev–Trinajstić information content (AvgIpc) is 2.70. The van der Waals surface area contributed by atoms with E-state index in [1.165, 1.54) is 6.26 Å². The Bertz CT molecular complexity index is 535. The molecule has 0 saturated carbocycles. The summed E-state index contributed by atoms with van der Waals surface area (Å²) in [6, 6.07) is 6.26. The maximum absolute atomic E-state index is 10.6. The van der Waals surface area contributed by atoms with Crippen LogP contribution in [0.5, 0.6) is 0 Å². The maximum atomic E-state index is 10.6. The Labute approximate surface area is 98.0 Å². The zero-order chi connectivity index (χ0) is 12.4. The van der Waals surface area contributed by atoms with Crippen molar-refractivity contribution in [2.45, 2.75) is 18.5 Å². The van der Waals surface area contributed by atoms with Crippen LogP contribution >= 0.6 is 0 Å². The van der Waals surface area contributed by atoms with Crippen molar-refractivity contribution in [1.29, 1.82) is 0 Å². The summed E-state index contributed by atoms with van der Waals surface area (Å²) < 4.78 is 5.34. The fourth-order valence-electron chi connectivity index (χ4n) is 1.82. The number of rotatable bonds is 4. The van der Waals surface area contributed by atoms with Gasteiger partial charge >= 0.3 is 5.97 Å². The molecule has 5 N–H and O–H groups in total. The number of fused-ring (bicyclic) bond motifs is 1. The number of nitrogens with two attached hydrogens (primary N) is 2. The van der Waals surface area contributed by atoms with E-state index in [0.29, 0.717) is 0 Å². The van der Waals surface area contributed by atoms with Gasteiger partial charge in [-0.05, 0) is 6.07 Å². The quantitative estimate of drug-likeness (QED) is 0.738. The van der Waals surface area contributed by atoms with Gasteiger partial charge in [0.1, 0.15) is 5.58 Å². The molecule has 0 aliphatic rings. The van der Waals surface area contributed by atoms with E-state index >= 15 is 0 Å². The third-order valence-electron chi connectivity index (χ3n) is 2.74. The molecular formula is C12H14N2O3. The van der Waals surface area contributed by atoms with Crippen LogP contribution in [0.4, 0.5) is 0 Å². The third-order valence-corrected chi connectivity index (χ3v) is 2.74. The molecule has 17 heavy (non-hydrogen) atoms. The van der Waals surface area contributed by atoms with Crippen LogP contribution < -0.4 is 11.5 Å². The molecule has 1 aromatic heterocycles. The summed E-state index contributed by atoms with van der Waals surface area (Å²) in [7, 11) is 0. The molecule has 2 aromatic rings. The Morgan fingerprint density at radius 3 is 2.76 bits per heavy atom. The standard InChI is InChI=1S/C12H14N2O3/c13-9(5-11(15)16)12(14)8-6-17-10-4-2-1-3-7(8)10/h1-4,6,9,12H,5,13-14H2,(H,15,16). The SMILES string of the molecule is NC(CC(=O)O)C(N)c1coc2ccccc12. The van der Waals surface area contributed by atoms with Crippen molar-refractivity contribution >= 4 is 16.9 Å². The number of para-hydroxylation sites is 1. The zero-order valence-corrected chi connectivity index (χ0v) is 9.17. The first-order chi connectivity index (χ1) is 8.09. The van der Waals surface area contributed by atoms with Crippen molar-refractivity contribution in [3.63, 3.8) is 0 Å². The molecule has 1 heterocycles. The lowest BCUT2D eigenvalue weighted by atomic mass is 9.98. The van der Waals surface area contributed by atoms with Crippen LogP contribution in [0.25, 0.3) is 11.0 Å². The molecular weight excluding hydrogens is 220 g/mol. The molecule has 0 saturated heterocycles. The normalized spacial score (nSPS) is 14.7. The van der Waals surface area contributed by atoms with Crippen molar-refractivity contribution in [3.05, 3.63) is 36.1 Å². The molecule has 0 fully saturated rings. The Kier molecular flexibility index (Phi) is 3.12. The summed E-state index contributed by atoms with van der Waals surface area (Å²) >= 11 is 0. The number of carboxylic acid groups (broad SMARTS) is 1. The fraction of sp³-hybridized carbons (Fsp3) is 0.250. The van der Waals surface area contributed by atoms with E-state index in [9.17, 15) is 4.79 Å². The number of furan rings is 1. The van der Waals surface area contributed by atoms with Gasteiger partial charge in [-0.1, -0.05) is 18.2 Å². The first-order valence-corrected chi connectivity index (χ1v) is 5.28. The first-order valence-electron chi connectivity index (χ1n) is 5.28. The van der Waals surface area contributed by atoms with Gasteiger partial charge in [-0.2, -0.15) is 0 Å². The second kappa shape index (κ2) is 4.57. The van der Waals surface area contributed by atoms with Gasteiger partial charge in [0.2, 0.25) is 0 Å². The Morgan fingerprint density at radius 1 is 1.35 bits per heavy atom. The highest BCUT2D eigenvalue weighted by Crippen LogP contribution is 2.26. The lowest BCUT2D eigenvalue weighted by molar-refractivity contribution is -0.137. The van der Waals surface area contributed by atoms with Gasteiger partial charge in [0.15, 0.2) is 0 Å². The highest BCUT2D eigenvalue weighted by Gasteiger charge is 2.21. The van der Waals surface area contributed by atoms with Crippen LogP contribution in [-0.2, 0) is 4.79 Å². The molecule has 1 aromatic carbocycles. The highest BCUT2D eigenvalue weighted by molar-refractivity contribution is 5.81. The largest absolute Gasteiger partial charge is 0.481 e. The molecule has 5 nitrogen and oxygen atoms in total. The van der Waals surface area contributed by atoms with Crippen LogP contribution in [-0.4, -0.2) is 17.1 Å². The molecule has 0 aliphatic carbocycles. The number of carboxylic acids is 1. The molecule has 90 valence electrons. The Balaban J connectivity index is 2.30. The summed E-state index contributed by atoms with van der Waals surface area (Å²) in [6.45, 7) is 0. The third kappa shape index (κ3) is 2.30. The number of benzene rings is 1. The minimum absolute atomic E-state index is 0.166. The maximum Gasteiger partial charge on any atom is 0.304 e. The molecule has 0 amide bonds. The highest BCUT2D eigenvalue weighted by atomic mass is 16.4. The molecule has 0 radical (unpaired) electrons. The van der Waals surface area contributed by atoms with E-state index in [4.69, 9.17) is 21.0 Å². The summed E-state index contributed by atoms with van der Waals surface area (Å²) in [5.41, 5.74) is 13.2. The summed E-state index contributed by atoms with van der Waals surface area (Å²) in [6.07, 6.45) is 1.37. The van der Waals surface area contributed by atoms with Gasteiger partial charge in [-0.25, -0.2) is 0 Å². The average molecular weight is 234 g/mol. The van der Waals surface area contributed by atoms with E-state index in [1.54, 1.807) is 0 Å². The van der Waals surface area contributed by atoms with Gasteiger partial charge in [-0.3, -0.25) is 4.79 Å². The molecule has 5 heteroatoms. The van der Waals surface area contributed by atoms with Crippen LogP contribution in [0.2, 0.25) is 0 Å². The smallest absolute Gasteiger partial charge is 0.304 e. The second-order valence-electron chi connectivity index (χ2n) is 3.97. The zero-order valence-electron chi connectivity index (χ0n) is 9.17. The number of aliphatic carboxylic acids is 1. The van der Waals surface area contributed by atoms with Gasteiger partial charge in [0, 0.05) is 23.0 Å². The van der Waals surface area contributed by atoms with Gasteiger partial charge in [-0.15, -0.1) is 0 Å². The summed E-state index contributed by atoms with van der Waals surface area (Å²) in [4.78, 5) is 10.6. The van der Waals surface area contributed by atoms with E-state index in [0.717, 1.165) is 16.5 Å². The predicted octanol–water partition coefficient (Wildman–Crippen LogP) is 1.23. The van der Waals surface area contributed by atoms with Crippen LogP contribution in [0, 0.1) is 0 Å². The number of hydrogen-bond donors (Lipinski definition) is 3. The van der Waals surface area contributed by atoms with Crippen molar-refractivity contribution in [3.8, 4) is 0 Å². The minimum Gasteiger partial charge on any atom is -0.481 e. The van der Waals surface area contributed by atoms with Gasteiger partial charge < -0.3 is 21.0 Å². The van der Waals surface area contributed by atoms with Crippen molar-refractivity contribution in [2.75, 3.05) is 0 Å². The van der Waals surface area contributed by atoms with E-state index in [1.807, 2.05) is 24.3 Å². The van der Waals surface area contributed by atoms with Crippen LogP contribution in [0.15, 0.2) is 34.9 Å². The molecule has 2 rings (SSSR count). The summed E-state index contributed by atoms with van der Waals surface area (Å²) in [5, 5.41) is 9.56. The topological polar surface area (TPSA) is 102 Å². The van der Waals surface area contributed by atoms with E-state index < -0.39 is 18.1 Å². The van der Waals surface area contributed by atoms with Crippen molar-refractivity contribution < 1.29 is 14.3 Å².